The number of benzene rings is 1. The molecule has 0 aliphatic carbocycles. The first-order valence-electron chi connectivity index (χ1n) is 9.87. The van der Waals surface area contributed by atoms with E-state index in [4.69, 9.17) is 15.2 Å². The summed E-state index contributed by atoms with van der Waals surface area (Å²) in [4.78, 5) is 15.9. The van der Waals surface area contributed by atoms with Crippen LogP contribution in [0.1, 0.15) is 22.7 Å². The second-order valence-electron chi connectivity index (χ2n) is 7.45. The average molecular weight is 471 g/mol. The molecule has 0 saturated carbocycles. The van der Waals surface area contributed by atoms with Crippen molar-refractivity contribution in [2.45, 2.75) is 19.4 Å². The van der Waals surface area contributed by atoms with Crippen LogP contribution in [0.5, 0.6) is 5.75 Å². The van der Waals surface area contributed by atoms with Crippen LogP contribution in [0.15, 0.2) is 51.1 Å². The largest absolute Gasteiger partial charge is 0.440 e. The fourth-order valence-electron chi connectivity index (χ4n) is 4.05. The number of nitrogens with zero attached hydrogens (tertiary/aromatic N) is 3. The van der Waals surface area contributed by atoms with E-state index in [-0.39, 0.29) is 17.0 Å². The Kier molecular flexibility index (Phi) is 5.95. The second-order valence-corrected chi connectivity index (χ2v) is 8.37. The molecule has 0 radical (unpaired) electrons. The van der Waals surface area contributed by atoms with E-state index in [0.29, 0.717) is 31.1 Å². The zero-order valence-corrected chi connectivity index (χ0v) is 18.3. The summed E-state index contributed by atoms with van der Waals surface area (Å²) >= 11 is 3.48. The van der Waals surface area contributed by atoms with Gasteiger partial charge in [-0.25, -0.2) is 0 Å². The lowest BCUT2D eigenvalue weighted by molar-refractivity contribution is 0.0362. The predicted octanol–water partition coefficient (Wildman–Crippen LogP) is 2.47. The van der Waals surface area contributed by atoms with E-state index >= 15 is 0 Å². The van der Waals surface area contributed by atoms with E-state index in [1.54, 1.807) is 4.57 Å². The van der Waals surface area contributed by atoms with Crippen molar-refractivity contribution in [3.05, 3.63) is 73.4 Å². The number of morpholine rings is 1. The Hall–Kier alpha value is -2.60. The number of aryl methyl sites for hydroxylation is 1. The number of allylic oxidation sites excluding steroid dienone is 1. The van der Waals surface area contributed by atoms with Gasteiger partial charge in [0.05, 0.1) is 24.7 Å². The molecule has 7 nitrogen and oxygen atoms in total. The Balaban J connectivity index is 1.78. The molecule has 4 rings (SSSR count). The van der Waals surface area contributed by atoms with Crippen LogP contribution in [-0.2, 0) is 11.3 Å². The molecule has 0 unspecified atom stereocenters. The van der Waals surface area contributed by atoms with Crippen LogP contribution in [-0.4, -0.2) is 42.3 Å². The molecule has 0 spiro atoms. The maximum atomic E-state index is 13.6. The summed E-state index contributed by atoms with van der Waals surface area (Å²) in [6.07, 6.45) is 0. The number of nitrogens with two attached hydrogens (primary N) is 1. The van der Waals surface area contributed by atoms with Gasteiger partial charge < -0.3 is 19.8 Å². The number of hydrogen-bond acceptors (Lipinski definition) is 6. The van der Waals surface area contributed by atoms with Gasteiger partial charge in [-0.2, -0.15) is 5.26 Å². The standard InChI is InChI=1S/C22H23BrN4O3/c1-14-11-18-20(22(28)27(14)6-5-26-7-9-29-10-8-26)19(17(13-24)21(25)30-18)15-3-2-4-16(23)12-15/h2-4,11-12,19H,5-10,25H2,1H3/t19-/m1/s1. The molecular weight excluding hydrogens is 448 g/mol. The molecular formula is C22H23BrN4O3. The van der Waals surface area contributed by atoms with Crippen molar-refractivity contribution in [2.75, 3.05) is 32.8 Å². The smallest absolute Gasteiger partial charge is 0.258 e. The molecule has 2 N–H and O–H groups in total. The SMILES string of the molecule is Cc1cc2c(c(=O)n1CCN1CCOCC1)[C@H](c1cccc(Br)c1)C(C#N)=C(N)O2. The number of pyridine rings is 1. The van der Waals surface area contributed by atoms with Crippen molar-refractivity contribution in [2.24, 2.45) is 5.73 Å². The third-order valence-corrected chi connectivity index (χ3v) is 6.11. The maximum Gasteiger partial charge on any atom is 0.258 e. The molecule has 30 heavy (non-hydrogen) atoms. The van der Waals surface area contributed by atoms with Gasteiger partial charge in [0, 0.05) is 42.4 Å². The van der Waals surface area contributed by atoms with Crippen molar-refractivity contribution >= 4 is 15.9 Å². The predicted molar refractivity (Wildman–Crippen MR) is 116 cm³/mol. The molecule has 1 fully saturated rings. The fraction of sp³-hybridized carbons (Fsp3) is 0.364. The van der Waals surface area contributed by atoms with Crippen LogP contribution >= 0.6 is 15.9 Å². The number of fused-ring (bicyclic) bond motifs is 1. The van der Waals surface area contributed by atoms with E-state index in [0.717, 1.165) is 35.4 Å². The highest BCUT2D eigenvalue weighted by atomic mass is 79.9. The fourth-order valence-corrected chi connectivity index (χ4v) is 4.47. The molecule has 8 heteroatoms. The minimum atomic E-state index is -0.570. The minimum absolute atomic E-state index is 0.0415. The second kappa shape index (κ2) is 8.64. The van der Waals surface area contributed by atoms with Crippen LogP contribution < -0.4 is 16.0 Å². The van der Waals surface area contributed by atoms with Crippen LogP contribution in [0.25, 0.3) is 0 Å². The zero-order chi connectivity index (χ0) is 21.3. The number of rotatable bonds is 4. The Bertz CT molecular complexity index is 1100. The quantitative estimate of drug-likeness (QED) is 0.737. The normalized spacial score (nSPS) is 19.2. The number of nitriles is 1. The van der Waals surface area contributed by atoms with E-state index in [2.05, 4.69) is 26.9 Å². The van der Waals surface area contributed by atoms with Crippen LogP contribution in [0, 0.1) is 18.3 Å². The topological polar surface area (TPSA) is 93.5 Å². The van der Waals surface area contributed by atoms with Crippen molar-refractivity contribution in [3.8, 4) is 11.8 Å². The third-order valence-electron chi connectivity index (χ3n) is 5.62. The van der Waals surface area contributed by atoms with Crippen LogP contribution in [0.3, 0.4) is 0 Å². The number of halogens is 1. The molecule has 2 aliphatic heterocycles. The molecule has 2 aromatic rings. The molecule has 0 amide bonds. The van der Waals surface area contributed by atoms with E-state index in [1.807, 2.05) is 37.3 Å². The monoisotopic (exact) mass is 470 g/mol. The van der Waals surface area contributed by atoms with E-state index < -0.39 is 5.92 Å². The number of hydrogen-bond donors (Lipinski definition) is 1. The average Bonchev–Trinajstić information content (AvgIpc) is 2.73. The van der Waals surface area contributed by atoms with Gasteiger partial charge in [-0.3, -0.25) is 9.69 Å². The van der Waals surface area contributed by atoms with E-state index in [9.17, 15) is 10.1 Å². The molecule has 3 heterocycles. The summed E-state index contributed by atoms with van der Waals surface area (Å²) in [7, 11) is 0. The molecule has 0 bridgehead atoms. The minimum Gasteiger partial charge on any atom is -0.440 e. The molecule has 1 saturated heterocycles. The van der Waals surface area contributed by atoms with E-state index in [1.165, 1.54) is 0 Å². The van der Waals surface area contributed by atoms with Gasteiger partial charge in [0.25, 0.3) is 5.56 Å². The third kappa shape index (κ3) is 3.88. The summed E-state index contributed by atoms with van der Waals surface area (Å²) in [5.74, 6) is -0.111. The summed E-state index contributed by atoms with van der Waals surface area (Å²) in [6.45, 7) is 6.36. The Morgan fingerprint density at radius 3 is 2.73 bits per heavy atom. The number of aromatic nitrogens is 1. The van der Waals surface area contributed by atoms with Gasteiger partial charge in [0.15, 0.2) is 0 Å². The maximum absolute atomic E-state index is 13.6. The highest BCUT2D eigenvalue weighted by molar-refractivity contribution is 9.10. The summed E-state index contributed by atoms with van der Waals surface area (Å²) in [5.41, 5.74) is 8.23. The lowest BCUT2D eigenvalue weighted by atomic mass is 9.84. The van der Waals surface area contributed by atoms with Gasteiger partial charge in [0.2, 0.25) is 5.88 Å². The molecule has 1 aromatic heterocycles. The summed E-state index contributed by atoms with van der Waals surface area (Å²) in [6, 6.07) is 11.6. The van der Waals surface area contributed by atoms with Gasteiger partial charge in [0.1, 0.15) is 17.4 Å². The van der Waals surface area contributed by atoms with Crippen molar-refractivity contribution in [3.63, 3.8) is 0 Å². The highest BCUT2D eigenvalue weighted by Gasteiger charge is 2.34. The van der Waals surface area contributed by atoms with Gasteiger partial charge in [-0.05, 0) is 24.6 Å². The summed E-state index contributed by atoms with van der Waals surface area (Å²) < 4.78 is 13.7. The Labute approximate surface area is 183 Å². The first kappa shape index (κ1) is 20.7. The van der Waals surface area contributed by atoms with Crippen molar-refractivity contribution in [1.82, 2.24) is 9.47 Å². The molecule has 1 aromatic carbocycles. The van der Waals surface area contributed by atoms with Gasteiger partial charge in [-0.15, -0.1) is 0 Å². The van der Waals surface area contributed by atoms with Crippen LogP contribution in [0.2, 0.25) is 0 Å². The van der Waals surface area contributed by atoms with Crippen molar-refractivity contribution in [1.29, 1.82) is 5.26 Å². The zero-order valence-electron chi connectivity index (χ0n) is 16.7. The first-order chi connectivity index (χ1) is 14.5. The molecule has 156 valence electrons. The Morgan fingerprint density at radius 2 is 2.03 bits per heavy atom. The lowest BCUT2D eigenvalue weighted by Crippen LogP contribution is -2.40. The van der Waals surface area contributed by atoms with Crippen LogP contribution in [0.4, 0.5) is 0 Å². The van der Waals surface area contributed by atoms with Gasteiger partial charge >= 0.3 is 0 Å². The lowest BCUT2D eigenvalue weighted by Gasteiger charge is -2.29. The molecule has 1 atom stereocenters. The van der Waals surface area contributed by atoms with Gasteiger partial charge in [-0.1, -0.05) is 28.1 Å². The summed E-state index contributed by atoms with van der Waals surface area (Å²) in [5, 5.41) is 9.77. The van der Waals surface area contributed by atoms with Crippen molar-refractivity contribution < 1.29 is 9.47 Å². The highest BCUT2D eigenvalue weighted by Crippen LogP contribution is 2.40. The molecule has 2 aliphatic rings. The Morgan fingerprint density at radius 1 is 1.27 bits per heavy atom. The number of ether oxygens (including phenoxy) is 2. The first-order valence-corrected chi connectivity index (χ1v) is 10.7.